The van der Waals surface area contributed by atoms with Gasteiger partial charge in [0, 0.05) is 37.7 Å². The molecular formula is C34H39N5O3. The second-order valence-electron chi connectivity index (χ2n) is 10.8. The molecule has 3 aromatic carbocycles. The Bertz CT molecular complexity index is 1420. The maximum atomic E-state index is 13.7. The predicted molar refractivity (Wildman–Crippen MR) is 164 cm³/mol. The van der Waals surface area contributed by atoms with E-state index >= 15 is 0 Å². The number of aliphatic hydroxyl groups excluding tert-OH is 1. The number of piperidine rings is 1. The average molecular weight is 566 g/mol. The lowest BCUT2D eigenvalue weighted by Gasteiger charge is -2.31. The van der Waals surface area contributed by atoms with Crippen LogP contribution < -0.4 is 10.6 Å². The molecule has 218 valence electrons. The zero-order valence-corrected chi connectivity index (χ0v) is 23.9. The molecule has 2 amide bonds. The van der Waals surface area contributed by atoms with E-state index in [9.17, 15) is 14.7 Å². The number of hydrogen-bond acceptors (Lipinski definition) is 5. The first kappa shape index (κ1) is 29.2. The van der Waals surface area contributed by atoms with E-state index < -0.39 is 12.1 Å². The third kappa shape index (κ3) is 7.72. The molecule has 2 unspecified atom stereocenters. The number of amides is 2. The maximum absolute atomic E-state index is 13.7. The Balaban J connectivity index is 1.16. The van der Waals surface area contributed by atoms with Gasteiger partial charge in [0.2, 0.25) is 11.8 Å². The van der Waals surface area contributed by atoms with Gasteiger partial charge in [0.05, 0.1) is 12.5 Å². The molecule has 0 bridgehead atoms. The van der Waals surface area contributed by atoms with Gasteiger partial charge in [-0.05, 0) is 61.1 Å². The molecule has 5 rings (SSSR count). The number of rotatable bonds is 12. The van der Waals surface area contributed by atoms with Crippen molar-refractivity contribution in [1.29, 1.82) is 0 Å². The number of nitrogens with one attached hydrogen (secondary N) is 2. The Hall–Kier alpha value is -4.27. The second kappa shape index (κ2) is 14.6. The number of carbonyl (C=O) groups excluding carboxylic acids is 2. The van der Waals surface area contributed by atoms with Gasteiger partial charge in [-0.3, -0.25) is 9.59 Å². The van der Waals surface area contributed by atoms with Crippen molar-refractivity contribution in [3.8, 4) is 0 Å². The van der Waals surface area contributed by atoms with E-state index in [1.165, 1.54) is 0 Å². The summed E-state index contributed by atoms with van der Waals surface area (Å²) >= 11 is 0. The molecule has 0 saturated carbocycles. The van der Waals surface area contributed by atoms with E-state index in [0.717, 1.165) is 62.0 Å². The fraction of sp³-hybridized carbons (Fsp3) is 0.324. The average Bonchev–Trinajstić information content (AvgIpc) is 3.48. The van der Waals surface area contributed by atoms with Crippen molar-refractivity contribution < 1.29 is 14.7 Å². The van der Waals surface area contributed by atoms with Crippen LogP contribution in [0.2, 0.25) is 0 Å². The summed E-state index contributed by atoms with van der Waals surface area (Å²) in [6.45, 7) is 2.74. The number of benzene rings is 3. The zero-order chi connectivity index (χ0) is 29.1. The summed E-state index contributed by atoms with van der Waals surface area (Å²) in [5.74, 6) is 0.399. The minimum Gasteiger partial charge on any atom is -0.387 e. The Labute approximate surface area is 247 Å². The van der Waals surface area contributed by atoms with E-state index in [-0.39, 0.29) is 18.2 Å². The highest BCUT2D eigenvalue weighted by Gasteiger charge is 2.30. The highest BCUT2D eigenvalue weighted by molar-refractivity contribution is 5.92. The number of likely N-dealkylation sites (tertiary alicyclic amines) is 1. The van der Waals surface area contributed by atoms with Crippen LogP contribution in [-0.4, -0.2) is 57.6 Å². The molecule has 3 N–H and O–H groups in total. The van der Waals surface area contributed by atoms with E-state index in [2.05, 4.69) is 15.6 Å². The Morgan fingerprint density at radius 1 is 0.857 bits per heavy atom. The first-order valence-electron chi connectivity index (χ1n) is 14.8. The molecule has 1 saturated heterocycles. The number of imidazole rings is 1. The molecule has 1 aliphatic heterocycles. The molecule has 0 radical (unpaired) electrons. The van der Waals surface area contributed by atoms with Crippen molar-refractivity contribution >= 4 is 17.5 Å². The van der Waals surface area contributed by atoms with Gasteiger partial charge >= 0.3 is 0 Å². The monoisotopic (exact) mass is 565 g/mol. The molecule has 8 heteroatoms. The molecule has 1 fully saturated rings. The molecule has 2 heterocycles. The lowest BCUT2D eigenvalue weighted by Crippen LogP contribution is -2.41. The molecule has 42 heavy (non-hydrogen) atoms. The van der Waals surface area contributed by atoms with Gasteiger partial charge in [-0.25, -0.2) is 4.98 Å². The standard InChI is InChI=1S/C34H39N5O3/c40-30(27-10-4-1-5-11-27)25-35-19-18-26-14-16-29(17-15-26)37-32(41)24-31-36-20-23-39(31)33(28-12-6-2-7-13-28)34(42)38-21-8-3-9-22-38/h1-2,4-7,10-17,20,23,30,33,35,40H,3,8-9,18-19,21-22,24-25H2,(H,37,41). The van der Waals surface area contributed by atoms with Crippen molar-refractivity contribution in [3.63, 3.8) is 0 Å². The lowest BCUT2D eigenvalue weighted by atomic mass is 10.0. The quantitative estimate of drug-likeness (QED) is 0.219. The fourth-order valence-electron chi connectivity index (χ4n) is 5.43. The molecule has 2 atom stereocenters. The van der Waals surface area contributed by atoms with Crippen molar-refractivity contribution in [3.05, 3.63) is 120 Å². The van der Waals surface area contributed by atoms with Crippen LogP contribution in [0.25, 0.3) is 0 Å². The molecule has 1 aromatic heterocycles. The fourth-order valence-corrected chi connectivity index (χ4v) is 5.43. The normalized spacial score (nSPS) is 14.7. The summed E-state index contributed by atoms with van der Waals surface area (Å²) in [7, 11) is 0. The summed E-state index contributed by atoms with van der Waals surface area (Å²) < 4.78 is 1.84. The minimum atomic E-state index is -0.559. The molecule has 0 aliphatic carbocycles. The molecule has 0 spiro atoms. The van der Waals surface area contributed by atoms with E-state index in [1.807, 2.05) is 94.4 Å². The largest absolute Gasteiger partial charge is 0.387 e. The first-order valence-corrected chi connectivity index (χ1v) is 14.8. The van der Waals surface area contributed by atoms with Gasteiger partial charge in [-0.15, -0.1) is 0 Å². The number of hydrogen-bond donors (Lipinski definition) is 3. The van der Waals surface area contributed by atoms with Crippen LogP contribution in [0.1, 0.15) is 53.9 Å². The topological polar surface area (TPSA) is 99.5 Å². The summed E-state index contributed by atoms with van der Waals surface area (Å²) in [6.07, 6.45) is 6.95. The van der Waals surface area contributed by atoms with Crippen LogP contribution in [0.4, 0.5) is 5.69 Å². The number of aromatic nitrogens is 2. The van der Waals surface area contributed by atoms with Crippen LogP contribution >= 0.6 is 0 Å². The third-order valence-electron chi connectivity index (χ3n) is 7.71. The summed E-state index contributed by atoms with van der Waals surface area (Å²) in [5, 5.41) is 16.6. The molecular weight excluding hydrogens is 526 g/mol. The van der Waals surface area contributed by atoms with Crippen LogP contribution in [0.5, 0.6) is 0 Å². The van der Waals surface area contributed by atoms with Crippen LogP contribution in [0.15, 0.2) is 97.3 Å². The van der Waals surface area contributed by atoms with Gasteiger partial charge in [0.1, 0.15) is 11.9 Å². The number of nitrogens with zero attached hydrogens (tertiary/aromatic N) is 3. The second-order valence-corrected chi connectivity index (χ2v) is 10.8. The Morgan fingerprint density at radius 3 is 2.21 bits per heavy atom. The zero-order valence-electron chi connectivity index (χ0n) is 23.9. The highest BCUT2D eigenvalue weighted by Crippen LogP contribution is 2.25. The van der Waals surface area contributed by atoms with E-state index in [0.29, 0.717) is 18.1 Å². The number of anilines is 1. The molecule has 1 aliphatic rings. The van der Waals surface area contributed by atoms with Crippen molar-refractivity contribution in [2.24, 2.45) is 0 Å². The predicted octanol–water partition coefficient (Wildman–Crippen LogP) is 4.53. The van der Waals surface area contributed by atoms with E-state index in [1.54, 1.807) is 12.4 Å². The van der Waals surface area contributed by atoms with Crippen molar-refractivity contribution in [2.75, 3.05) is 31.5 Å². The van der Waals surface area contributed by atoms with Crippen molar-refractivity contribution in [2.45, 2.75) is 44.2 Å². The highest BCUT2D eigenvalue weighted by atomic mass is 16.3. The van der Waals surface area contributed by atoms with Gasteiger partial charge < -0.3 is 25.2 Å². The summed E-state index contributed by atoms with van der Waals surface area (Å²) in [5.41, 5.74) is 3.62. The Morgan fingerprint density at radius 2 is 1.52 bits per heavy atom. The minimum absolute atomic E-state index is 0.0419. The van der Waals surface area contributed by atoms with E-state index in [4.69, 9.17) is 0 Å². The van der Waals surface area contributed by atoms with Gasteiger partial charge in [0.25, 0.3) is 0 Å². The van der Waals surface area contributed by atoms with Gasteiger partial charge in [0.15, 0.2) is 0 Å². The first-order chi connectivity index (χ1) is 20.6. The SMILES string of the molecule is O=C(Cc1nccn1C(C(=O)N1CCCCC1)c1ccccc1)Nc1ccc(CCNCC(O)c2ccccc2)cc1. The van der Waals surface area contributed by atoms with Gasteiger partial charge in [-0.2, -0.15) is 0 Å². The number of aliphatic hydroxyl groups is 1. The third-order valence-corrected chi connectivity index (χ3v) is 7.71. The molecule has 8 nitrogen and oxygen atoms in total. The number of carbonyl (C=O) groups is 2. The van der Waals surface area contributed by atoms with Crippen molar-refractivity contribution in [1.82, 2.24) is 19.8 Å². The van der Waals surface area contributed by atoms with Crippen LogP contribution in [0, 0.1) is 0 Å². The van der Waals surface area contributed by atoms with Crippen LogP contribution in [0.3, 0.4) is 0 Å². The maximum Gasteiger partial charge on any atom is 0.250 e. The smallest absolute Gasteiger partial charge is 0.250 e. The van der Waals surface area contributed by atoms with Crippen LogP contribution in [-0.2, 0) is 22.4 Å². The Kier molecular flexibility index (Phi) is 10.1. The summed E-state index contributed by atoms with van der Waals surface area (Å²) in [6, 6.07) is 26.6. The molecule has 4 aromatic rings. The lowest BCUT2D eigenvalue weighted by molar-refractivity contribution is -0.134. The van der Waals surface area contributed by atoms with Gasteiger partial charge in [-0.1, -0.05) is 72.8 Å². The summed E-state index contributed by atoms with van der Waals surface area (Å²) in [4.78, 5) is 33.2.